The minimum atomic E-state index is -0.371. The zero-order valence-electron chi connectivity index (χ0n) is 13.2. The summed E-state index contributed by atoms with van der Waals surface area (Å²) in [5.41, 5.74) is 4.36. The molecule has 0 radical (unpaired) electrons. The number of carbonyl (C=O) groups excluding carboxylic acids is 1. The van der Waals surface area contributed by atoms with E-state index in [1.807, 2.05) is 72.8 Å². The van der Waals surface area contributed by atoms with Gasteiger partial charge in [0.1, 0.15) is 0 Å². The number of benzene rings is 3. The molecular formula is C21H18N2O. The molecule has 0 fully saturated rings. The Balaban J connectivity index is 1.88. The molecule has 4 rings (SSSR count). The molecule has 3 aromatic carbocycles. The Morgan fingerprint density at radius 1 is 0.750 bits per heavy atom. The van der Waals surface area contributed by atoms with Crippen LogP contribution in [0.1, 0.15) is 5.56 Å². The van der Waals surface area contributed by atoms with Gasteiger partial charge in [-0.15, -0.1) is 0 Å². The van der Waals surface area contributed by atoms with Crippen LogP contribution >= 0.6 is 0 Å². The molecule has 0 spiro atoms. The summed E-state index contributed by atoms with van der Waals surface area (Å²) in [6.07, 6.45) is 0.653. The molecule has 1 atom stereocenters. The lowest BCUT2D eigenvalue weighted by molar-refractivity contribution is -0.108. The van der Waals surface area contributed by atoms with Crippen molar-refractivity contribution >= 4 is 23.3 Å². The van der Waals surface area contributed by atoms with Gasteiger partial charge in [0, 0.05) is 23.6 Å². The Labute approximate surface area is 141 Å². The van der Waals surface area contributed by atoms with E-state index < -0.39 is 0 Å². The first-order valence-corrected chi connectivity index (χ1v) is 8.07. The molecule has 3 aromatic rings. The predicted molar refractivity (Wildman–Crippen MR) is 97.5 cm³/mol. The molecule has 0 amide bonds. The topological polar surface area (TPSA) is 23.6 Å². The third kappa shape index (κ3) is 2.44. The number of rotatable bonds is 3. The molecule has 0 aliphatic carbocycles. The minimum absolute atomic E-state index is 0.371. The molecule has 0 saturated heterocycles. The summed E-state index contributed by atoms with van der Waals surface area (Å²) in [4.78, 5) is 16.3. The van der Waals surface area contributed by atoms with Crippen molar-refractivity contribution in [2.75, 3.05) is 9.80 Å². The summed E-state index contributed by atoms with van der Waals surface area (Å²) >= 11 is 0. The molecule has 1 unspecified atom stereocenters. The molecule has 1 heterocycles. The maximum absolute atomic E-state index is 12.1. The van der Waals surface area contributed by atoms with E-state index in [-0.39, 0.29) is 6.17 Å². The molecule has 118 valence electrons. The van der Waals surface area contributed by atoms with Crippen LogP contribution in [0.5, 0.6) is 0 Å². The second-order valence-electron chi connectivity index (χ2n) is 5.85. The van der Waals surface area contributed by atoms with Gasteiger partial charge >= 0.3 is 0 Å². The van der Waals surface area contributed by atoms with Crippen LogP contribution in [-0.4, -0.2) is 12.5 Å². The van der Waals surface area contributed by atoms with E-state index >= 15 is 0 Å². The predicted octanol–water partition coefficient (Wildman–Crippen LogP) is 4.37. The maximum Gasteiger partial charge on any atom is 0.164 e. The van der Waals surface area contributed by atoms with Crippen molar-refractivity contribution in [3.63, 3.8) is 0 Å². The second-order valence-corrected chi connectivity index (χ2v) is 5.85. The van der Waals surface area contributed by atoms with E-state index in [0.29, 0.717) is 6.54 Å². The van der Waals surface area contributed by atoms with E-state index in [1.165, 1.54) is 5.56 Å². The Kier molecular flexibility index (Phi) is 3.75. The first-order valence-electron chi connectivity index (χ1n) is 8.07. The zero-order valence-corrected chi connectivity index (χ0v) is 13.2. The standard InChI is InChI=1S/C21H18N2O/c24-16-21-22(18-10-3-1-4-11-18)15-17-9-7-8-14-20(17)23(21)19-12-5-2-6-13-19/h1-14,16,21H,15H2. The molecule has 0 saturated carbocycles. The number of carbonyl (C=O) groups is 1. The van der Waals surface area contributed by atoms with Crippen molar-refractivity contribution in [3.05, 3.63) is 90.5 Å². The normalized spacial score (nSPS) is 16.6. The Morgan fingerprint density at radius 2 is 1.33 bits per heavy atom. The Bertz CT molecular complexity index is 833. The minimum Gasteiger partial charge on any atom is -0.340 e. The van der Waals surface area contributed by atoms with Crippen LogP contribution in [0.4, 0.5) is 17.1 Å². The second kappa shape index (κ2) is 6.20. The fourth-order valence-electron chi connectivity index (χ4n) is 3.32. The van der Waals surface area contributed by atoms with Gasteiger partial charge in [-0.3, -0.25) is 4.79 Å². The van der Waals surface area contributed by atoms with Crippen molar-refractivity contribution in [3.8, 4) is 0 Å². The molecule has 0 N–H and O–H groups in total. The van der Waals surface area contributed by atoms with Crippen LogP contribution in [0.2, 0.25) is 0 Å². The summed E-state index contributed by atoms with van der Waals surface area (Å²) in [5.74, 6) is 0. The van der Waals surface area contributed by atoms with Crippen molar-refractivity contribution in [1.29, 1.82) is 0 Å². The lowest BCUT2D eigenvalue weighted by Crippen LogP contribution is -2.51. The third-order valence-corrected chi connectivity index (χ3v) is 4.42. The fraction of sp³-hybridized carbons (Fsp3) is 0.0952. The number of anilines is 3. The maximum atomic E-state index is 12.1. The first-order chi connectivity index (χ1) is 11.9. The van der Waals surface area contributed by atoms with Crippen LogP contribution in [0.25, 0.3) is 0 Å². The molecule has 0 bridgehead atoms. The molecular weight excluding hydrogens is 296 g/mol. The number of para-hydroxylation sites is 3. The molecule has 3 heteroatoms. The summed E-state index contributed by atoms with van der Waals surface area (Å²) < 4.78 is 0. The molecule has 3 nitrogen and oxygen atoms in total. The van der Waals surface area contributed by atoms with Gasteiger partial charge in [-0.05, 0) is 35.9 Å². The smallest absolute Gasteiger partial charge is 0.164 e. The van der Waals surface area contributed by atoms with E-state index in [0.717, 1.165) is 23.3 Å². The van der Waals surface area contributed by atoms with Gasteiger partial charge in [0.2, 0.25) is 0 Å². The summed E-state index contributed by atoms with van der Waals surface area (Å²) in [6.45, 7) is 0.715. The molecule has 1 aliphatic heterocycles. The van der Waals surface area contributed by atoms with Crippen LogP contribution in [0.15, 0.2) is 84.9 Å². The van der Waals surface area contributed by atoms with Gasteiger partial charge in [0.05, 0.1) is 0 Å². The van der Waals surface area contributed by atoms with Crippen LogP contribution in [0, 0.1) is 0 Å². The van der Waals surface area contributed by atoms with Crippen molar-refractivity contribution < 1.29 is 4.79 Å². The number of hydrogen-bond donors (Lipinski definition) is 0. The summed E-state index contributed by atoms with van der Waals surface area (Å²) in [5, 5.41) is 0. The van der Waals surface area contributed by atoms with Gasteiger partial charge in [-0.25, -0.2) is 0 Å². The van der Waals surface area contributed by atoms with Crippen molar-refractivity contribution in [2.24, 2.45) is 0 Å². The SMILES string of the molecule is O=CC1N(c2ccccc2)Cc2ccccc2N1c1ccccc1. The highest BCUT2D eigenvalue weighted by Crippen LogP contribution is 2.38. The third-order valence-electron chi connectivity index (χ3n) is 4.42. The Morgan fingerprint density at radius 3 is 2.00 bits per heavy atom. The fourth-order valence-corrected chi connectivity index (χ4v) is 3.32. The van der Waals surface area contributed by atoms with E-state index in [1.54, 1.807) is 0 Å². The summed E-state index contributed by atoms with van der Waals surface area (Å²) in [6, 6.07) is 28.5. The van der Waals surface area contributed by atoms with E-state index in [9.17, 15) is 4.79 Å². The largest absolute Gasteiger partial charge is 0.340 e. The van der Waals surface area contributed by atoms with E-state index in [4.69, 9.17) is 0 Å². The van der Waals surface area contributed by atoms with Gasteiger partial charge < -0.3 is 9.80 Å². The van der Waals surface area contributed by atoms with Gasteiger partial charge in [-0.2, -0.15) is 0 Å². The lowest BCUT2D eigenvalue weighted by Gasteiger charge is -2.44. The average molecular weight is 314 g/mol. The highest BCUT2D eigenvalue weighted by molar-refractivity contribution is 5.82. The summed E-state index contributed by atoms with van der Waals surface area (Å²) in [7, 11) is 0. The van der Waals surface area contributed by atoms with Gasteiger partial charge in [-0.1, -0.05) is 54.6 Å². The van der Waals surface area contributed by atoms with Crippen molar-refractivity contribution in [1.82, 2.24) is 0 Å². The van der Waals surface area contributed by atoms with Crippen molar-refractivity contribution in [2.45, 2.75) is 12.7 Å². The monoisotopic (exact) mass is 314 g/mol. The van der Waals surface area contributed by atoms with Crippen LogP contribution in [0.3, 0.4) is 0 Å². The highest BCUT2D eigenvalue weighted by atomic mass is 16.1. The van der Waals surface area contributed by atoms with Crippen LogP contribution < -0.4 is 9.80 Å². The first kappa shape index (κ1) is 14.5. The van der Waals surface area contributed by atoms with Crippen LogP contribution in [-0.2, 0) is 11.3 Å². The number of hydrogen-bond acceptors (Lipinski definition) is 3. The Hall–Kier alpha value is -3.07. The number of nitrogens with zero attached hydrogens (tertiary/aromatic N) is 2. The van der Waals surface area contributed by atoms with E-state index in [2.05, 4.69) is 21.9 Å². The average Bonchev–Trinajstić information content (AvgIpc) is 2.67. The quantitative estimate of drug-likeness (QED) is 0.671. The zero-order chi connectivity index (χ0) is 16.4. The number of aldehydes is 1. The lowest BCUT2D eigenvalue weighted by atomic mass is 10.0. The van der Waals surface area contributed by atoms with Gasteiger partial charge in [0.15, 0.2) is 12.5 Å². The number of fused-ring (bicyclic) bond motifs is 1. The molecule has 24 heavy (non-hydrogen) atoms. The molecule has 1 aliphatic rings. The highest BCUT2D eigenvalue weighted by Gasteiger charge is 2.33. The molecule has 0 aromatic heterocycles. The van der Waals surface area contributed by atoms with Gasteiger partial charge in [0.25, 0.3) is 0 Å².